The molecule has 3 rings (SSSR count). The summed E-state index contributed by atoms with van der Waals surface area (Å²) < 4.78 is 11.0. The lowest BCUT2D eigenvalue weighted by Crippen LogP contribution is -2.45. The van der Waals surface area contributed by atoms with Crippen LogP contribution in [0, 0.1) is 5.92 Å². The van der Waals surface area contributed by atoms with Crippen LogP contribution in [0.3, 0.4) is 0 Å². The monoisotopic (exact) mass is 460 g/mol. The fourth-order valence-electron chi connectivity index (χ4n) is 3.51. The maximum atomic E-state index is 13.5. The Kier molecular flexibility index (Phi) is 9.09. The van der Waals surface area contributed by atoms with Gasteiger partial charge in [-0.1, -0.05) is 74.5 Å². The number of nitrogens with zero attached hydrogens (tertiary/aromatic N) is 1. The summed E-state index contributed by atoms with van der Waals surface area (Å²) in [5, 5.41) is 3.00. The van der Waals surface area contributed by atoms with Gasteiger partial charge in [-0.2, -0.15) is 0 Å². The van der Waals surface area contributed by atoms with Gasteiger partial charge in [0.05, 0.1) is 7.11 Å². The van der Waals surface area contributed by atoms with Crippen molar-refractivity contribution in [3.8, 4) is 11.5 Å². The van der Waals surface area contributed by atoms with E-state index in [2.05, 4.69) is 5.32 Å². The number of benzene rings is 3. The second kappa shape index (κ2) is 12.4. The minimum atomic E-state index is -0.797. The van der Waals surface area contributed by atoms with Crippen molar-refractivity contribution in [3.63, 3.8) is 0 Å². The molecular weight excluding hydrogens is 428 g/mol. The molecule has 0 radical (unpaired) electrons. The van der Waals surface area contributed by atoms with Gasteiger partial charge < -0.3 is 19.7 Å². The van der Waals surface area contributed by atoms with Crippen molar-refractivity contribution < 1.29 is 19.1 Å². The van der Waals surface area contributed by atoms with E-state index in [1.165, 1.54) is 0 Å². The molecule has 0 heterocycles. The fraction of sp³-hybridized carbons (Fsp3) is 0.286. The van der Waals surface area contributed by atoms with E-state index in [-0.39, 0.29) is 30.9 Å². The molecule has 6 nitrogen and oxygen atoms in total. The third kappa shape index (κ3) is 7.10. The van der Waals surface area contributed by atoms with Gasteiger partial charge in [0.15, 0.2) is 6.61 Å². The molecule has 0 fully saturated rings. The number of amides is 2. The topological polar surface area (TPSA) is 67.9 Å². The molecule has 1 atom stereocenters. The summed E-state index contributed by atoms with van der Waals surface area (Å²) >= 11 is 0. The zero-order valence-electron chi connectivity index (χ0n) is 19.9. The van der Waals surface area contributed by atoms with E-state index in [1.54, 1.807) is 24.1 Å². The maximum Gasteiger partial charge on any atom is 0.261 e. The molecule has 178 valence electrons. The third-order valence-electron chi connectivity index (χ3n) is 5.30. The largest absolute Gasteiger partial charge is 0.497 e. The van der Waals surface area contributed by atoms with Crippen molar-refractivity contribution in [2.24, 2.45) is 5.92 Å². The first-order valence-corrected chi connectivity index (χ1v) is 11.4. The van der Waals surface area contributed by atoms with Crippen LogP contribution in [0.25, 0.3) is 0 Å². The third-order valence-corrected chi connectivity index (χ3v) is 5.30. The second-order valence-corrected chi connectivity index (χ2v) is 8.42. The van der Waals surface area contributed by atoms with Crippen LogP contribution in [-0.4, -0.2) is 37.0 Å². The number of ether oxygens (including phenoxy) is 2. The average Bonchev–Trinajstić information content (AvgIpc) is 2.87. The van der Waals surface area contributed by atoms with Crippen LogP contribution < -0.4 is 14.8 Å². The Morgan fingerprint density at radius 1 is 0.853 bits per heavy atom. The van der Waals surface area contributed by atoms with E-state index in [1.807, 2.05) is 86.6 Å². The van der Waals surface area contributed by atoms with E-state index < -0.39 is 6.04 Å². The predicted molar refractivity (Wildman–Crippen MR) is 133 cm³/mol. The van der Waals surface area contributed by atoms with Gasteiger partial charge in [-0.25, -0.2) is 0 Å². The fourth-order valence-corrected chi connectivity index (χ4v) is 3.51. The number of hydrogen-bond acceptors (Lipinski definition) is 4. The van der Waals surface area contributed by atoms with Crippen LogP contribution in [0.2, 0.25) is 0 Å². The molecular formula is C28H32N2O4. The normalized spacial score (nSPS) is 11.5. The van der Waals surface area contributed by atoms with E-state index in [9.17, 15) is 9.59 Å². The van der Waals surface area contributed by atoms with Crippen LogP contribution in [-0.2, 0) is 16.1 Å². The Labute approximate surface area is 201 Å². The molecule has 0 aliphatic heterocycles. The van der Waals surface area contributed by atoms with Crippen LogP contribution in [0.4, 0.5) is 0 Å². The molecule has 0 aliphatic carbocycles. The Balaban J connectivity index is 1.92. The first kappa shape index (κ1) is 24.8. The smallest absolute Gasteiger partial charge is 0.261 e. The molecule has 6 heteroatoms. The van der Waals surface area contributed by atoms with Gasteiger partial charge in [0.25, 0.3) is 5.91 Å². The summed E-state index contributed by atoms with van der Waals surface area (Å²) in [5.41, 5.74) is 1.62. The van der Waals surface area contributed by atoms with E-state index >= 15 is 0 Å². The van der Waals surface area contributed by atoms with Crippen molar-refractivity contribution in [1.29, 1.82) is 0 Å². The quantitative estimate of drug-likeness (QED) is 0.454. The van der Waals surface area contributed by atoms with Gasteiger partial charge in [0.2, 0.25) is 5.91 Å². The summed E-state index contributed by atoms with van der Waals surface area (Å²) in [6.45, 7) is 4.65. The summed E-state index contributed by atoms with van der Waals surface area (Å²) in [4.78, 5) is 28.5. The van der Waals surface area contributed by atoms with E-state index in [0.717, 1.165) is 16.9 Å². The number of carbonyl (C=O) groups excluding carboxylic acids is 2. The Morgan fingerprint density at radius 3 is 2.06 bits per heavy atom. The number of para-hydroxylation sites is 1. The molecule has 0 spiro atoms. The number of rotatable bonds is 11. The molecule has 1 N–H and O–H groups in total. The van der Waals surface area contributed by atoms with E-state index in [0.29, 0.717) is 12.3 Å². The average molecular weight is 461 g/mol. The molecule has 0 saturated heterocycles. The van der Waals surface area contributed by atoms with Gasteiger partial charge >= 0.3 is 0 Å². The van der Waals surface area contributed by atoms with Gasteiger partial charge in [-0.3, -0.25) is 9.59 Å². The lowest BCUT2D eigenvalue weighted by atomic mass is 10.0. The summed E-state index contributed by atoms with van der Waals surface area (Å²) in [7, 11) is 1.61. The first-order chi connectivity index (χ1) is 16.5. The van der Waals surface area contributed by atoms with Crippen LogP contribution in [0.1, 0.15) is 31.0 Å². The lowest BCUT2D eigenvalue weighted by molar-refractivity contribution is -0.143. The molecule has 0 aliphatic rings. The Bertz CT molecular complexity index is 1040. The highest BCUT2D eigenvalue weighted by Crippen LogP contribution is 2.25. The van der Waals surface area contributed by atoms with Crippen molar-refractivity contribution in [3.05, 3.63) is 96.1 Å². The number of nitrogens with one attached hydrogen (secondary N) is 1. The molecule has 3 aromatic carbocycles. The summed E-state index contributed by atoms with van der Waals surface area (Å²) in [6, 6.07) is 25.2. The minimum Gasteiger partial charge on any atom is -0.497 e. The number of methoxy groups -OCH3 is 1. The van der Waals surface area contributed by atoms with Crippen molar-refractivity contribution in [1.82, 2.24) is 10.2 Å². The van der Waals surface area contributed by atoms with Gasteiger partial charge in [0, 0.05) is 13.1 Å². The predicted octanol–water partition coefficient (Wildman–Crippen LogP) is 4.62. The highest BCUT2D eigenvalue weighted by molar-refractivity contribution is 5.89. The van der Waals surface area contributed by atoms with Crippen molar-refractivity contribution >= 4 is 11.8 Å². The molecule has 34 heavy (non-hydrogen) atoms. The second-order valence-electron chi connectivity index (χ2n) is 8.42. The zero-order chi connectivity index (χ0) is 24.3. The molecule has 0 bridgehead atoms. The van der Waals surface area contributed by atoms with Gasteiger partial charge in [0.1, 0.15) is 17.5 Å². The highest BCUT2D eigenvalue weighted by atomic mass is 16.5. The Morgan fingerprint density at radius 2 is 1.47 bits per heavy atom. The zero-order valence-corrected chi connectivity index (χ0v) is 19.9. The van der Waals surface area contributed by atoms with Gasteiger partial charge in [-0.05, 0) is 41.3 Å². The van der Waals surface area contributed by atoms with Crippen molar-refractivity contribution in [2.45, 2.75) is 26.4 Å². The number of hydrogen-bond donors (Lipinski definition) is 1. The summed E-state index contributed by atoms with van der Waals surface area (Å²) in [5.74, 6) is 1.10. The standard InChI is InChI=1S/C28H32N2O4/c1-21(2)18-29-28(32)27(23-10-6-4-7-11-23)30(19-22-14-16-24(33-3)17-15-22)26(31)20-34-25-12-8-5-9-13-25/h4-17,21,27H,18-20H2,1-3H3,(H,29,32). The summed E-state index contributed by atoms with van der Waals surface area (Å²) in [6.07, 6.45) is 0. The molecule has 1 unspecified atom stereocenters. The Hall–Kier alpha value is -3.80. The molecule has 3 aromatic rings. The lowest BCUT2D eigenvalue weighted by Gasteiger charge is -2.32. The maximum absolute atomic E-state index is 13.5. The first-order valence-electron chi connectivity index (χ1n) is 11.4. The molecule has 0 aromatic heterocycles. The number of carbonyl (C=O) groups is 2. The van der Waals surface area contributed by atoms with E-state index in [4.69, 9.17) is 9.47 Å². The highest BCUT2D eigenvalue weighted by Gasteiger charge is 2.31. The van der Waals surface area contributed by atoms with Gasteiger partial charge in [-0.15, -0.1) is 0 Å². The minimum absolute atomic E-state index is 0.180. The molecule has 0 saturated carbocycles. The van der Waals surface area contributed by atoms with Crippen LogP contribution in [0.15, 0.2) is 84.9 Å². The van der Waals surface area contributed by atoms with Crippen LogP contribution in [0.5, 0.6) is 11.5 Å². The molecule has 2 amide bonds. The van der Waals surface area contributed by atoms with Crippen LogP contribution >= 0.6 is 0 Å². The van der Waals surface area contributed by atoms with Crippen molar-refractivity contribution in [2.75, 3.05) is 20.3 Å². The SMILES string of the molecule is COc1ccc(CN(C(=O)COc2ccccc2)C(C(=O)NCC(C)C)c2ccccc2)cc1.